The van der Waals surface area contributed by atoms with Crippen LogP contribution in [0, 0.1) is 0 Å². The number of halogens is 3. The van der Waals surface area contributed by atoms with E-state index >= 15 is 0 Å². The van der Waals surface area contributed by atoms with Crippen LogP contribution in [0.15, 0.2) is 36.5 Å². The number of ether oxygens (including phenoxy) is 1. The Morgan fingerprint density at radius 2 is 1.83 bits per heavy atom. The van der Waals surface area contributed by atoms with Crippen molar-refractivity contribution < 1.29 is 31.4 Å². The maximum Gasteiger partial charge on any atom is 0.573 e. The molecule has 10 heteroatoms. The van der Waals surface area contributed by atoms with Crippen LogP contribution >= 0.6 is 0 Å². The third-order valence-corrected chi connectivity index (χ3v) is 3.15. The van der Waals surface area contributed by atoms with E-state index in [4.69, 9.17) is 0 Å². The van der Waals surface area contributed by atoms with Crippen LogP contribution in [-0.4, -0.2) is 31.1 Å². The molecule has 1 aromatic heterocycles. The summed E-state index contributed by atoms with van der Waals surface area (Å²) < 4.78 is 64.8. The van der Waals surface area contributed by atoms with Crippen molar-refractivity contribution in [2.75, 3.05) is 11.0 Å². The minimum absolute atomic E-state index is 0.0711. The number of hydrogen-bond acceptors (Lipinski definition) is 5. The van der Waals surface area contributed by atoms with Gasteiger partial charge in [0.05, 0.1) is 6.26 Å². The van der Waals surface area contributed by atoms with Gasteiger partial charge in [-0.1, -0.05) is 6.07 Å². The van der Waals surface area contributed by atoms with Gasteiger partial charge in [0.1, 0.15) is 5.82 Å². The molecular formula is C13H11F3N2O4S. The normalized spacial score (nSPS) is 12.0. The highest BCUT2D eigenvalue weighted by Gasteiger charge is 2.32. The average Bonchev–Trinajstić information content (AvgIpc) is 2.39. The van der Waals surface area contributed by atoms with Crippen LogP contribution < -0.4 is 9.46 Å². The molecule has 0 unspecified atom stereocenters. The van der Waals surface area contributed by atoms with Crippen LogP contribution in [0.3, 0.4) is 0 Å². The number of aromatic nitrogens is 1. The number of nitrogens with one attached hydrogen (secondary N) is 1. The van der Waals surface area contributed by atoms with Gasteiger partial charge >= 0.3 is 6.36 Å². The third kappa shape index (κ3) is 5.02. The highest BCUT2D eigenvalue weighted by Crippen LogP contribution is 2.35. The number of sulfonamides is 1. The largest absolute Gasteiger partial charge is 0.573 e. The zero-order valence-corrected chi connectivity index (χ0v) is 12.4. The van der Waals surface area contributed by atoms with Gasteiger partial charge in [0, 0.05) is 11.8 Å². The first-order valence-corrected chi connectivity index (χ1v) is 7.96. The summed E-state index contributed by atoms with van der Waals surface area (Å²) in [5.74, 6) is -1.33. The number of alkyl halides is 3. The summed E-state index contributed by atoms with van der Waals surface area (Å²) in [6.07, 6.45) is -2.70. The van der Waals surface area contributed by atoms with Crippen LogP contribution in [0.25, 0.3) is 11.1 Å². The van der Waals surface area contributed by atoms with E-state index in [1.165, 1.54) is 24.4 Å². The van der Waals surface area contributed by atoms with Crippen LogP contribution in [0.2, 0.25) is 0 Å². The molecule has 23 heavy (non-hydrogen) atoms. The number of rotatable bonds is 4. The van der Waals surface area contributed by atoms with Crippen LogP contribution in [0.5, 0.6) is 11.5 Å². The van der Waals surface area contributed by atoms with Crippen molar-refractivity contribution in [3.8, 4) is 22.6 Å². The van der Waals surface area contributed by atoms with Crippen molar-refractivity contribution in [2.45, 2.75) is 6.36 Å². The van der Waals surface area contributed by atoms with Crippen molar-refractivity contribution in [1.82, 2.24) is 4.98 Å². The van der Waals surface area contributed by atoms with E-state index in [0.717, 1.165) is 18.4 Å². The standard InChI is InChI=1S/C13H11F3N2O4S/c1-23(20,21)18-12-5-3-9(7-17-12)8-2-4-10(19)11(6-8)22-13(14,15)16/h2-7,19H,1H3,(H,17,18). The number of phenolic OH excluding ortho intramolecular Hbond substituents is 1. The minimum Gasteiger partial charge on any atom is -0.504 e. The van der Waals surface area contributed by atoms with Gasteiger partial charge in [-0.15, -0.1) is 13.2 Å². The van der Waals surface area contributed by atoms with Gasteiger partial charge in [-0.25, -0.2) is 13.4 Å². The maximum atomic E-state index is 12.3. The summed E-state index contributed by atoms with van der Waals surface area (Å²) in [6, 6.07) is 6.25. The molecule has 2 N–H and O–H groups in total. The summed E-state index contributed by atoms with van der Waals surface area (Å²) >= 11 is 0. The lowest BCUT2D eigenvalue weighted by Gasteiger charge is -2.12. The summed E-state index contributed by atoms with van der Waals surface area (Å²) in [4.78, 5) is 3.85. The number of nitrogens with zero attached hydrogens (tertiary/aromatic N) is 1. The van der Waals surface area contributed by atoms with Crippen LogP contribution in [0.1, 0.15) is 0 Å². The average molecular weight is 348 g/mol. The lowest BCUT2D eigenvalue weighted by Crippen LogP contribution is -2.17. The van der Waals surface area contributed by atoms with Crippen molar-refractivity contribution in [3.05, 3.63) is 36.5 Å². The molecule has 0 bridgehead atoms. The molecule has 124 valence electrons. The highest BCUT2D eigenvalue weighted by molar-refractivity contribution is 7.92. The van der Waals surface area contributed by atoms with E-state index in [1.54, 1.807) is 0 Å². The fourth-order valence-electron chi connectivity index (χ4n) is 1.72. The van der Waals surface area contributed by atoms with E-state index in [2.05, 4.69) is 14.4 Å². The number of phenols is 1. The Labute approximate surface area is 129 Å². The molecule has 0 aliphatic carbocycles. The van der Waals surface area contributed by atoms with E-state index in [0.29, 0.717) is 11.1 Å². The summed E-state index contributed by atoms with van der Waals surface area (Å²) in [7, 11) is -3.48. The quantitative estimate of drug-likeness (QED) is 0.887. The van der Waals surface area contributed by atoms with E-state index in [1.807, 2.05) is 0 Å². The minimum atomic E-state index is -4.93. The van der Waals surface area contributed by atoms with Gasteiger partial charge in [-0.2, -0.15) is 0 Å². The summed E-state index contributed by atoms with van der Waals surface area (Å²) in [6.45, 7) is 0. The van der Waals surface area contributed by atoms with Gasteiger partial charge in [0.15, 0.2) is 11.5 Å². The Bertz CT molecular complexity index is 805. The maximum absolute atomic E-state index is 12.3. The molecule has 2 aromatic rings. The van der Waals surface area contributed by atoms with E-state index in [-0.39, 0.29) is 5.82 Å². The molecule has 1 heterocycles. The van der Waals surface area contributed by atoms with Gasteiger partial charge < -0.3 is 9.84 Å². The predicted molar refractivity (Wildman–Crippen MR) is 76.5 cm³/mol. The van der Waals surface area contributed by atoms with Gasteiger partial charge in [0.2, 0.25) is 10.0 Å². The van der Waals surface area contributed by atoms with Gasteiger partial charge in [-0.05, 0) is 29.8 Å². The lowest BCUT2D eigenvalue weighted by molar-refractivity contribution is -0.275. The number of benzene rings is 1. The van der Waals surface area contributed by atoms with Crippen molar-refractivity contribution in [3.63, 3.8) is 0 Å². The highest BCUT2D eigenvalue weighted by atomic mass is 32.2. The predicted octanol–water partition coefficient (Wildman–Crippen LogP) is 2.72. The first-order chi connectivity index (χ1) is 10.5. The fraction of sp³-hybridized carbons (Fsp3) is 0.154. The molecule has 0 saturated heterocycles. The van der Waals surface area contributed by atoms with Crippen LogP contribution in [-0.2, 0) is 10.0 Å². The fourth-order valence-corrected chi connectivity index (χ4v) is 2.22. The second-order valence-electron chi connectivity index (χ2n) is 4.54. The first kappa shape index (κ1) is 16.9. The molecule has 0 saturated carbocycles. The number of hydrogen-bond donors (Lipinski definition) is 2. The monoisotopic (exact) mass is 348 g/mol. The molecule has 0 amide bonds. The molecule has 0 aliphatic heterocycles. The molecule has 0 spiro atoms. The third-order valence-electron chi connectivity index (χ3n) is 2.57. The van der Waals surface area contributed by atoms with Crippen molar-refractivity contribution in [2.24, 2.45) is 0 Å². The number of anilines is 1. The first-order valence-electron chi connectivity index (χ1n) is 6.06. The van der Waals surface area contributed by atoms with Crippen molar-refractivity contribution >= 4 is 15.8 Å². The zero-order valence-electron chi connectivity index (χ0n) is 11.6. The molecule has 6 nitrogen and oxygen atoms in total. The number of pyridine rings is 1. The van der Waals surface area contributed by atoms with Gasteiger partial charge in [0.25, 0.3) is 0 Å². The smallest absolute Gasteiger partial charge is 0.504 e. The molecule has 0 aliphatic rings. The van der Waals surface area contributed by atoms with Crippen LogP contribution in [0.4, 0.5) is 19.0 Å². The molecular weight excluding hydrogens is 337 g/mol. The summed E-state index contributed by atoms with van der Waals surface area (Å²) in [5, 5.41) is 9.40. The second kappa shape index (κ2) is 5.95. The second-order valence-corrected chi connectivity index (χ2v) is 6.29. The zero-order chi connectivity index (χ0) is 17.3. The summed E-state index contributed by atoms with van der Waals surface area (Å²) in [5.41, 5.74) is 0.719. The Balaban J connectivity index is 2.30. The van der Waals surface area contributed by atoms with Gasteiger partial charge in [-0.3, -0.25) is 4.72 Å². The molecule has 0 radical (unpaired) electrons. The Hall–Kier alpha value is -2.49. The van der Waals surface area contributed by atoms with Crippen molar-refractivity contribution in [1.29, 1.82) is 0 Å². The SMILES string of the molecule is CS(=O)(=O)Nc1ccc(-c2ccc(O)c(OC(F)(F)F)c2)cn1. The Kier molecular flexibility index (Phi) is 4.37. The van der Waals surface area contributed by atoms with E-state index < -0.39 is 27.9 Å². The molecule has 0 fully saturated rings. The van der Waals surface area contributed by atoms with E-state index in [9.17, 15) is 26.7 Å². The molecule has 0 atom stereocenters. The lowest BCUT2D eigenvalue weighted by atomic mass is 10.1. The topological polar surface area (TPSA) is 88.5 Å². The Morgan fingerprint density at radius 1 is 1.17 bits per heavy atom. The Morgan fingerprint density at radius 3 is 2.35 bits per heavy atom. The number of aromatic hydroxyl groups is 1. The molecule has 2 rings (SSSR count). The molecule has 1 aromatic carbocycles.